The second kappa shape index (κ2) is 7.18. The third-order valence-electron chi connectivity index (χ3n) is 4.03. The number of piperidine rings is 1. The predicted molar refractivity (Wildman–Crippen MR) is 90.0 cm³/mol. The number of likely N-dealkylation sites (tertiary alicyclic amines) is 1. The molecule has 1 fully saturated rings. The number of benzene rings is 2. The van der Waals surface area contributed by atoms with E-state index in [1.807, 2.05) is 24.3 Å². The van der Waals surface area contributed by atoms with Crippen molar-refractivity contribution in [2.75, 3.05) is 19.6 Å². The molecule has 0 bridgehead atoms. The van der Waals surface area contributed by atoms with Crippen LogP contribution in [0.5, 0.6) is 0 Å². The van der Waals surface area contributed by atoms with Gasteiger partial charge in [-0.3, -0.25) is 9.69 Å². The summed E-state index contributed by atoms with van der Waals surface area (Å²) in [6, 6.07) is 14.2. The standard InChI is InChI=1S/C18H21N3O/c22-18(14-21-11-4-1-5-12-21)20-19-13-16-9-6-8-15-7-2-3-10-17(15)16/h2-3,6-10,13H,1,4-5,11-12,14H2,(H,20,22)/b19-13-. The molecule has 0 saturated carbocycles. The first kappa shape index (κ1) is 14.7. The molecule has 0 atom stereocenters. The fraction of sp³-hybridized carbons (Fsp3) is 0.333. The molecule has 2 aromatic carbocycles. The minimum absolute atomic E-state index is 0.0432. The highest BCUT2D eigenvalue weighted by molar-refractivity contribution is 5.99. The van der Waals surface area contributed by atoms with Crippen molar-refractivity contribution in [3.8, 4) is 0 Å². The molecule has 4 nitrogen and oxygen atoms in total. The first-order valence-corrected chi connectivity index (χ1v) is 7.85. The molecular weight excluding hydrogens is 274 g/mol. The van der Waals surface area contributed by atoms with E-state index in [-0.39, 0.29) is 5.91 Å². The molecule has 1 N–H and O–H groups in total. The van der Waals surface area contributed by atoms with Crippen molar-refractivity contribution in [2.45, 2.75) is 19.3 Å². The Morgan fingerprint density at radius 2 is 1.86 bits per heavy atom. The second-order valence-electron chi connectivity index (χ2n) is 5.70. The van der Waals surface area contributed by atoms with Crippen LogP contribution in [0.4, 0.5) is 0 Å². The van der Waals surface area contributed by atoms with Crippen LogP contribution < -0.4 is 5.43 Å². The van der Waals surface area contributed by atoms with Gasteiger partial charge in [-0.05, 0) is 36.7 Å². The Hall–Kier alpha value is -2.20. The van der Waals surface area contributed by atoms with E-state index in [0.717, 1.165) is 24.0 Å². The van der Waals surface area contributed by atoms with E-state index >= 15 is 0 Å². The third kappa shape index (κ3) is 3.71. The van der Waals surface area contributed by atoms with E-state index in [9.17, 15) is 4.79 Å². The molecule has 0 radical (unpaired) electrons. The van der Waals surface area contributed by atoms with E-state index in [0.29, 0.717) is 6.54 Å². The van der Waals surface area contributed by atoms with Crippen LogP contribution in [0.25, 0.3) is 10.8 Å². The number of hydrogen-bond donors (Lipinski definition) is 1. The molecule has 1 aliphatic rings. The van der Waals surface area contributed by atoms with E-state index in [1.165, 1.54) is 24.6 Å². The molecule has 2 aromatic rings. The number of carbonyl (C=O) groups is 1. The SMILES string of the molecule is O=C(CN1CCCCC1)N/N=C\c1cccc2ccccc12. The number of carbonyl (C=O) groups excluding carboxylic acids is 1. The van der Waals surface area contributed by atoms with Crippen molar-refractivity contribution >= 4 is 22.9 Å². The summed E-state index contributed by atoms with van der Waals surface area (Å²) in [5.41, 5.74) is 3.64. The van der Waals surface area contributed by atoms with Gasteiger partial charge in [-0.25, -0.2) is 5.43 Å². The van der Waals surface area contributed by atoms with Crippen LogP contribution in [0.2, 0.25) is 0 Å². The van der Waals surface area contributed by atoms with Crippen molar-refractivity contribution in [2.24, 2.45) is 5.10 Å². The Bertz CT molecular complexity index is 670. The minimum Gasteiger partial charge on any atom is -0.294 e. The Balaban J connectivity index is 1.60. The van der Waals surface area contributed by atoms with Gasteiger partial charge in [-0.1, -0.05) is 48.9 Å². The smallest absolute Gasteiger partial charge is 0.254 e. The van der Waals surface area contributed by atoms with E-state index < -0.39 is 0 Å². The second-order valence-corrected chi connectivity index (χ2v) is 5.70. The van der Waals surface area contributed by atoms with Crippen LogP contribution in [0, 0.1) is 0 Å². The quantitative estimate of drug-likeness (QED) is 0.696. The Morgan fingerprint density at radius 3 is 2.73 bits per heavy atom. The van der Waals surface area contributed by atoms with Gasteiger partial charge in [-0.15, -0.1) is 0 Å². The monoisotopic (exact) mass is 295 g/mol. The lowest BCUT2D eigenvalue weighted by atomic mass is 10.1. The molecule has 0 spiro atoms. The van der Waals surface area contributed by atoms with Gasteiger partial charge in [0.25, 0.3) is 5.91 Å². The summed E-state index contributed by atoms with van der Waals surface area (Å²) >= 11 is 0. The number of fused-ring (bicyclic) bond motifs is 1. The zero-order valence-corrected chi connectivity index (χ0v) is 12.7. The van der Waals surface area contributed by atoms with Crippen molar-refractivity contribution < 1.29 is 4.79 Å². The van der Waals surface area contributed by atoms with E-state index in [4.69, 9.17) is 0 Å². The summed E-state index contributed by atoms with van der Waals surface area (Å²) in [6.07, 6.45) is 5.37. The highest BCUT2D eigenvalue weighted by Gasteiger charge is 2.13. The number of nitrogens with zero attached hydrogens (tertiary/aromatic N) is 2. The lowest BCUT2D eigenvalue weighted by Gasteiger charge is -2.25. The number of hydrazone groups is 1. The van der Waals surface area contributed by atoms with Crippen molar-refractivity contribution in [3.05, 3.63) is 48.0 Å². The Morgan fingerprint density at radius 1 is 1.09 bits per heavy atom. The van der Waals surface area contributed by atoms with Crippen LogP contribution in [0.15, 0.2) is 47.6 Å². The van der Waals surface area contributed by atoms with E-state index in [2.05, 4.69) is 33.6 Å². The summed E-state index contributed by atoms with van der Waals surface area (Å²) in [7, 11) is 0. The maximum absolute atomic E-state index is 11.9. The van der Waals surface area contributed by atoms with Crippen molar-refractivity contribution in [3.63, 3.8) is 0 Å². The van der Waals surface area contributed by atoms with Gasteiger partial charge < -0.3 is 0 Å². The third-order valence-corrected chi connectivity index (χ3v) is 4.03. The molecule has 1 aliphatic heterocycles. The van der Waals surface area contributed by atoms with Gasteiger partial charge in [-0.2, -0.15) is 5.10 Å². The molecule has 4 heteroatoms. The van der Waals surface area contributed by atoms with Gasteiger partial charge in [0.15, 0.2) is 0 Å². The molecule has 1 amide bonds. The van der Waals surface area contributed by atoms with Crippen LogP contribution >= 0.6 is 0 Å². The maximum Gasteiger partial charge on any atom is 0.254 e. The first-order chi connectivity index (χ1) is 10.8. The highest BCUT2D eigenvalue weighted by atomic mass is 16.2. The van der Waals surface area contributed by atoms with Gasteiger partial charge in [0.1, 0.15) is 0 Å². The summed E-state index contributed by atoms with van der Waals surface area (Å²) in [4.78, 5) is 14.1. The molecule has 0 aromatic heterocycles. The lowest BCUT2D eigenvalue weighted by Crippen LogP contribution is -2.38. The number of amides is 1. The average Bonchev–Trinajstić information content (AvgIpc) is 2.56. The summed E-state index contributed by atoms with van der Waals surface area (Å²) in [5.74, 6) is -0.0432. The average molecular weight is 295 g/mol. The van der Waals surface area contributed by atoms with Gasteiger partial charge in [0.2, 0.25) is 0 Å². The molecule has 22 heavy (non-hydrogen) atoms. The summed E-state index contributed by atoms with van der Waals surface area (Å²) in [6.45, 7) is 2.47. The molecular formula is C18H21N3O. The van der Waals surface area contributed by atoms with Crippen LogP contribution in [0.1, 0.15) is 24.8 Å². The van der Waals surface area contributed by atoms with E-state index in [1.54, 1.807) is 6.21 Å². The largest absolute Gasteiger partial charge is 0.294 e. The lowest BCUT2D eigenvalue weighted by molar-refractivity contribution is -0.122. The maximum atomic E-state index is 11.9. The number of rotatable bonds is 4. The van der Waals surface area contributed by atoms with Crippen LogP contribution in [0.3, 0.4) is 0 Å². The predicted octanol–water partition coefficient (Wildman–Crippen LogP) is 2.78. The van der Waals surface area contributed by atoms with Gasteiger partial charge in [0, 0.05) is 5.56 Å². The normalized spacial score (nSPS) is 16.2. The van der Waals surface area contributed by atoms with Crippen LogP contribution in [-0.4, -0.2) is 36.7 Å². The van der Waals surface area contributed by atoms with Gasteiger partial charge >= 0.3 is 0 Å². The topological polar surface area (TPSA) is 44.7 Å². The minimum atomic E-state index is -0.0432. The Labute approximate surface area is 130 Å². The fourth-order valence-electron chi connectivity index (χ4n) is 2.89. The highest BCUT2D eigenvalue weighted by Crippen LogP contribution is 2.16. The molecule has 1 saturated heterocycles. The summed E-state index contributed by atoms with van der Waals surface area (Å²) < 4.78 is 0. The molecule has 0 unspecified atom stereocenters. The number of hydrogen-bond acceptors (Lipinski definition) is 3. The zero-order valence-electron chi connectivity index (χ0n) is 12.7. The molecule has 1 heterocycles. The Kier molecular flexibility index (Phi) is 4.81. The molecule has 114 valence electrons. The molecule has 0 aliphatic carbocycles. The van der Waals surface area contributed by atoms with Gasteiger partial charge in [0.05, 0.1) is 12.8 Å². The zero-order chi connectivity index (χ0) is 15.2. The van der Waals surface area contributed by atoms with Crippen molar-refractivity contribution in [1.29, 1.82) is 0 Å². The summed E-state index contributed by atoms with van der Waals surface area (Å²) in [5, 5.41) is 6.42. The number of nitrogens with one attached hydrogen (secondary N) is 1. The molecule has 3 rings (SSSR count). The van der Waals surface area contributed by atoms with Crippen LogP contribution in [-0.2, 0) is 4.79 Å². The fourth-order valence-corrected chi connectivity index (χ4v) is 2.89. The van der Waals surface area contributed by atoms with Crippen molar-refractivity contribution in [1.82, 2.24) is 10.3 Å². The first-order valence-electron chi connectivity index (χ1n) is 7.85.